The van der Waals surface area contributed by atoms with Crippen LogP contribution in [0.15, 0.2) is 58.5 Å². The number of allylic oxidation sites excluding steroid dienone is 4. The van der Waals surface area contributed by atoms with E-state index >= 15 is 0 Å². The van der Waals surface area contributed by atoms with Crippen LogP contribution in [0.5, 0.6) is 0 Å². The van der Waals surface area contributed by atoms with E-state index < -0.39 is 30.0 Å². The number of hydrogen-bond donors (Lipinski definition) is 4. The number of Topliss-reactive ketones (excluding diaryl/α,β-unsaturated/α-hetero) is 1. The molecule has 1 aliphatic heterocycles. The highest BCUT2D eigenvalue weighted by molar-refractivity contribution is 6.23. The van der Waals surface area contributed by atoms with Gasteiger partial charge in [-0.1, -0.05) is 38.2 Å². The molecule has 0 aromatic carbocycles. The molecule has 0 saturated carbocycles. The van der Waals surface area contributed by atoms with Gasteiger partial charge < -0.3 is 31.1 Å². The summed E-state index contributed by atoms with van der Waals surface area (Å²) in [5, 5.41) is 16.6. The van der Waals surface area contributed by atoms with Gasteiger partial charge in [0.25, 0.3) is 5.91 Å². The Labute approximate surface area is 237 Å². The number of hydrogen-bond acceptors (Lipinski definition) is 8. The van der Waals surface area contributed by atoms with Gasteiger partial charge in [0.05, 0.1) is 17.5 Å². The van der Waals surface area contributed by atoms with E-state index in [4.69, 9.17) is 10.5 Å². The van der Waals surface area contributed by atoms with Gasteiger partial charge in [0.15, 0.2) is 0 Å². The molecule has 5 N–H and O–H groups in total. The van der Waals surface area contributed by atoms with Crippen molar-refractivity contribution in [3.05, 3.63) is 58.5 Å². The van der Waals surface area contributed by atoms with Crippen LogP contribution in [0.25, 0.3) is 0 Å². The van der Waals surface area contributed by atoms with Gasteiger partial charge in [-0.15, -0.1) is 0 Å². The number of primary amides is 1. The highest BCUT2D eigenvalue weighted by Crippen LogP contribution is 2.27. The first kappa shape index (κ1) is 32.7. The van der Waals surface area contributed by atoms with Gasteiger partial charge in [-0.3, -0.25) is 14.4 Å². The highest BCUT2D eigenvalue weighted by Gasteiger charge is 2.31. The summed E-state index contributed by atoms with van der Waals surface area (Å²) in [4.78, 5) is 52.9. The Hall–Kier alpha value is -3.50. The fraction of sp³-hybridized carbons (Fsp3) is 0.533. The quantitative estimate of drug-likeness (QED) is 0.298. The van der Waals surface area contributed by atoms with E-state index in [0.717, 1.165) is 5.57 Å². The van der Waals surface area contributed by atoms with Gasteiger partial charge >= 0.3 is 6.09 Å². The molecule has 4 atom stereocenters. The number of nitrogens with two attached hydrogens (primary N) is 1. The molecule has 0 unspecified atom stereocenters. The molecule has 40 heavy (non-hydrogen) atoms. The standard InChI is InChI=1S/C30H44N4O6/c1-18-11-12-24(35)20(3)16-21(4)26(40-30(31)39)10-8-7-9-19(2)29(38)33-23-17-25(36)27(22(15-18)28(23)37)32-13-14-34(5)6/h7-9,16-18,20,24,26,32,35H,10-15H2,1-6H3,(H2,31,39)(H,33,38)/b8-7-,19-9+,21-16+/t18-,20-,24-,26+/m0/s1. The zero-order valence-electron chi connectivity index (χ0n) is 24.5. The summed E-state index contributed by atoms with van der Waals surface area (Å²) in [6.45, 7) is 8.41. The Morgan fingerprint density at radius 1 is 1.20 bits per heavy atom. The maximum atomic E-state index is 13.5. The van der Waals surface area contributed by atoms with Crippen molar-refractivity contribution in [3.8, 4) is 0 Å². The SMILES string of the molecule is C/C1=C\C=C/C[C@@H](OC(N)=O)/C(C)=C/[C@H](C)[C@@H](O)CC[C@H](C)CC2=C(NCCN(C)C)C(=O)C=C(NC1=O)C2=O. The third-order valence-electron chi connectivity index (χ3n) is 7.05. The monoisotopic (exact) mass is 556 g/mol. The number of carbonyl (C=O) groups is 4. The summed E-state index contributed by atoms with van der Waals surface area (Å²) in [5.74, 6) is -1.52. The van der Waals surface area contributed by atoms with E-state index in [1.165, 1.54) is 6.08 Å². The van der Waals surface area contributed by atoms with Gasteiger partial charge in [0, 0.05) is 42.7 Å². The predicted molar refractivity (Wildman–Crippen MR) is 154 cm³/mol. The third-order valence-corrected chi connectivity index (χ3v) is 7.05. The van der Waals surface area contributed by atoms with Gasteiger partial charge in [-0.25, -0.2) is 4.79 Å². The maximum absolute atomic E-state index is 13.5. The number of nitrogens with one attached hydrogen (secondary N) is 2. The number of aliphatic hydroxyl groups excluding tert-OH is 1. The number of ketones is 2. The molecule has 2 rings (SSSR count). The van der Waals surface area contributed by atoms with E-state index in [2.05, 4.69) is 10.6 Å². The predicted octanol–water partition coefficient (Wildman–Crippen LogP) is 2.66. The molecular formula is C30H44N4O6. The average Bonchev–Trinajstić information content (AvgIpc) is 2.87. The van der Waals surface area contributed by atoms with Crippen molar-refractivity contribution in [1.82, 2.24) is 15.5 Å². The largest absolute Gasteiger partial charge is 0.442 e. The molecule has 0 saturated heterocycles. The minimum atomic E-state index is -0.902. The summed E-state index contributed by atoms with van der Waals surface area (Å²) in [5.41, 5.74) is 6.87. The van der Waals surface area contributed by atoms with Crippen LogP contribution in [0.2, 0.25) is 0 Å². The number of ether oxygens (including phenoxy) is 1. The van der Waals surface area contributed by atoms with Crippen LogP contribution in [0, 0.1) is 11.8 Å². The lowest BCUT2D eigenvalue weighted by Crippen LogP contribution is -2.37. The zero-order chi connectivity index (χ0) is 30.0. The summed E-state index contributed by atoms with van der Waals surface area (Å²) in [6.07, 6.45) is 7.49. The lowest BCUT2D eigenvalue weighted by Gasteiger charge is -2.24. The first-order chi connectivity index (χ1) is 18.8. The molecule has 0 aromatic heterocycles. The van der Waals surface area contributed by atoms with Crippen molar-refractivity contribution in [2.45, 2.75) is 65.6 Å². The van der Waals surface area contributed by atoms with Crippen LogP contribution in [-0.4, -0.2) is 73.0 Å². The van der Waals surface area contributed by atoms with Gasteiger partial charge in [-0.05, 0) is 58.7 Å². The van der Waals surface area contributed by atoms with Crippen molar-refractivity contribution in [2.24, 2.45) is 17.6 Å². The first-order valence-corrected chi connectivity index (χ1v) is 13.7. The second kappa shape index (κ2) is 15.3. The summed E-state index contributed by atoms with van der Waals surface area (Å²) < 4.78 is 5.28. The summed E-state index contributed by atoms with van der Waals surface area (Å²) in [7, 11) is 3.83. The van der Waals surface area contributed by atoms with E-state index in [1.54, 1.807) is 25.2 Å². The highest BCUT2D eigenvalue weighted by atomic mass is 16.6. The summed E-state index contributed by atoms with van der Waals surface area (Å²) >= 11 is 0. The third kappa shape index (κ3) is 9.91. The lowest BCUT2D eigenvalue weighted by molar-refractivity contribution is -0.120. The van der Waals surface area contributed by atoms with Crippen molar-refractivity contribution < 1.29 is 29.0 Å². The normalized spacial score (nSPS) is 29.1. The molecule has 0 spiro atoms. The van der Waals surface area contributed by atoms with E-state index in [9.17, 15) is 24.3 Å². The van der Waals surface area contributed by atoms with E-state index in [-0.39, 0.29) is 29.0 Å². The Morgan fingerprint density at radius 3 is 2.55 bits per heavy atom. The number of likely N-dealkylation sites (N-methyl/N-ethyl adjacent to an activating group) is 1. The fourth-order valence-corrected chi connectivity index (χ4v) is 4.56. The van der Waals surface area contributed by atoms with Gasteiger partial charge in [0.1, 0.15) is 6.10 Å². The number of amides is 2. The molecule has 1 aliphatic carbocycles. The minimum Gasteiger partial charge on any atom is -0.442 e. The topological polar surface area (TPSA) is 151 Å². The van der Waals surface area contributed by atoms with Crippen LogP contribution in [0.4, 0.5) is 4.79 Å². The fourth-order valence-electron chi connectivity index (χ4n) is 4.56. The molecule has 10 heteroatoms. The molecule has 0 radical (unpaired) electrons. The lowest BCUT2D eigenvalue weighted by atomic mass is 9.86. The molecule has 2 aliphatic rings. The smallest absolute Gasteiger partial charge is 0.405 e. The van der Waals surface area contributed by atoms with Crippen molar-refractivity contribution in [3.63, 3.8) is 0 Å². The van der Waals surface area contributed by atoms with Crippen molar-refractivity contribution in [2.75, 3.05) is 27.2 Å². The molecule has 10 nitrogen and oxygen atoms in total. The number of aliphatic hydroxyl groups is 1. The van der Waals surface area contributed by atoms with Crippen molar-refractivity contribution >= 4 is 23.6 Å². The number of fused-ring (bicyclic) bond motifs is 2. The van der Waals surface area contributed by atoms with Crippen LogP contribution in [-0.2, 0) is 19.1 Å². The average molecular weight is 557 g/mol. The van der Waals surface area contributed by atoms with Crippen LogP contribution >= 0.6 is 0 Å². The molecular weight excluding hydrogens is 512 g/mol. The maximum Gasteiger partial charge on any atom is 0.405 e. The Morgan fingerprint density at radius 2 is 1.90 bits per heavy atom. The van der Waals surface area contributed by atoms with Crippen LogP contribution < -0.4 is 16.4 Å². The zero-order valence-corrected chi connectivity index (χ0v) is 24.5. The molecule has 0 fully saturated rings. The molecule has 2 amide bonds. The first-order valence-electron chi connectivity index (χ1n) is 13.7. The van der Waals surface area contributed by atoms with Crippen LogP contribution in [0.3, 0.4) is 0 Å². The second-order valence-corrected chi connectivity index (χ2v) is 11.0. The number of nitrogens with zero attached hydrogens (tertiary/aromatic N) is 1. The molecule has 0 aromatic rings. The number of rotatable bonds is 5. The number of carbonyl (C=O) groups excluding carboxylic acids is 4. The van der Waals surface area contributed by atoms with E-state index in [1.807, 2.05) is 45.8 Å². The molecule has 220 valence electrons. The van der Waals surface area contributed by atoms with Gasteiger partial charge in [0.2, 0.25) is 11.6 Å². The molecule has 2 bridgehead atoms. The van der Waals surface area contributed by atoms with Crippen molar-refractivity contribution in [1.29, 1.82) is 0 Å². The Balaban J connectivity index is 2.43. The molecule has 1 heterocycles. The Bertz CT molecular complexity index is 1130. The minimum absolute atomic E-state index is 0.0294. The Kier molecular flexibility index (Phi) is 12.5. The summed E-state index contributed by atoms with van der Waals surface area (Å²) in [6, 6.07) is 0. The van der Waals surface area contributed by atoms with Crippen LogP contribution in [0.1, 0.15) is 53.4 Å². The second-order valence-electron chi connectivity index (χ2n) is 11.0. The van der Waals surface area contributed by atoms with E-state index in [0.29, 0.717) is 49.9 Å². The van der Waals surface area contributed by atoms with Gasteiger partial charge in [-0.2, -0.15) is 0 Å².